The zero-order chi connectivity index (χ0) is 14.3. The minimum Gasteiger partial charge on any atom is -0.506 e. The van der Waals surface area contributed by atoms with Gasteiger partial charge in [0.1, 0.15) is 22.5 Å². The van der Waals surface area contributed by atoms with E-state index in [-0.39, 0.29) is 22.2 Å². The minimum absolute atomic E-state index is 0.0588. The molecule has 2 N–H and O–H groups in total. The van der Waals surface area contributed by atoms with Gasteiger partial charge in [-0.1, -0.05) is 6.07 Å². The Labute approximate surface area is 112 Å². The molecule has 0 spiro atoms. The molecule has 0 radical (unpaired) electrons. The molecule has 0 amide bonds. The molecule has 0 aliphatic carbocycles. The molecule has 5 nitrogen and oxygen atoms in total. The second-order valence-corrected chi connectivity index (χ2v) is 4.35. The maximum Gasteiger partial charge on any atom is 0.261 e. The lowest BCUT2D eigenvalue weighted by molar-refractivity contribution is 0.479. The molecular formula is C14H10FN3O2. The van der Waals surface area contributed by atoms with Crippen molar-refractivity contribution in [3.05, 3.63) is 52.6 Å². The van der Waals surface area contributed by atoms with Crippen molar-refractivity contribution in [1.29, 1.82) is 0 Å². The molecule has 0 atom stereocenters. The van der Waals surface area contributed by atoms with Gasteiger partial charge in [0.2, 0.25) is 0 Å². The van der Waals surface area contributed by atoms with Gasteiger partial charge < -0.3 is 10.1 Å². The molecular weight excluding hydrogens is 261 g/mol. The Morgan fingerprint density at radius 3 is 2.85 bits per heavy atom. The molecule has 3 aromatic rings. The highest BCUT2D eigenvalue weighted by molar-refractivity contribution is 5.89. The van der Waals surface area contributed by atoms with E-state index in [9.17, 15) is 14.3 Å². The molecule has 1 aromatic carbocycles. The highest BCUT2D eigenvalue weighted by Crippen LogP contribution is 2.33. The summed E-state index contributed by atoms with van der Waals surface area (Å²) in [5.74, 6) is -0.964. The second kappa shape index (κ2) is 4.41. The lowest BCUT2D eigenvalue weighted by atomic mass is 10.0. The first-order valence-electron chi connectivity index (χ1n) is 5.90. The van der Waals surface area contributed by atoms with E-state index < -0.39 is 11.4 Å². The molecule has 100 valence electrons. The van der Waals surface area contributed by atoms with Crippen LogP contribution in [0.15, 0.2) is 35.5 Å². The fourth-order valence-electron chi connectivity index (χ4n) is 2.17. The number of halogens is 1. The summed E-state index contributed by atoms with van der Waals surface area (Å²) < 4.78 is 14.6. The van der Waals surface area contributed by atoms with E-state index in [1.165, 1.54) is 6.07 Å². The topological polar surface area (TPSA) is 78.9 Å². The lowest BCUT2D eigenvalue weighted by Crippen LogP contribution is -2.09. The fourth-order valence-corrected chi connectivity index (χ4v) is 2.17. The van der Waals surface area contributed by atoms with Crippen LogP contribution in [-0.2, 0) is 0 Å². The molecule has 0 aliphatic rings. The normalized spacial score (nSPS) is 10.9. The molecule has 0 bridgehead atoms. The van der Waals surface area contributed by atoms with E-state index >= 15 is 0 Å². The van der Waals surface area contributed by atoms with Gasteiger partial charge in [0, 0.05) is 23.0 Å². The number of nitrogens with zero attached hydrogens (tertiary/aromatic N) is 2. The molecule has 0 saturated heterocycles. The van der Waals surface area contributed by atoms with Crippen molar-refractivity contribution < 1.29 is 9.50 Å². The van der Waals surface area contributed by atoms with Gasteiger partial charge in [0.25, 0.3) is 5.56 Å². The van der Waals surface area contributed by atoms with E-state index in [4.69, 9.17) is 0 Å². The summed E-state index contributed by atoms with van der Waals surface area (Å²) in [6, 6.07) is 4.60. The van der Waals surface area contributed by atoms with E-state index in [2.05, 4.69) is 15.0 Å². The first kappa shape index (κ1) is 12.3. The highest BCUT2D eigenvalue weighted by Gasteiger charge is 2.18. The van der Waals surface area contributed by atoms with Crippen LogP contribution in [0.4, 0.5) is 4.39 Å². The SMILES string of the molecule is Cc1ncccc1-c1cc(O)c2nc[nH]c(=O)c2c1F. The van der Waals surface area contributed by atoms with Gasteiger partial charge >= 0.3 is 0 Å². The quantitative estimate of drug-likeness (QED) is 0.710. The third-order valence-corrected chi connectivity index (χ3v) is 3.13. The number of phenols is 1. The summed E-state index contributed by atoms with van der Waals surface area (Å²) in [4.78, 5) is 21.9. The molecule has 0 unspecified atom stereocenters. The Morgan fingerprint density at radius 1 is 1.30 bits per heavy atom. The average Bonchev–Trinajstić information content (AvgIpc) is 2.43. The van der Waals surface area contributed by atoms with Crippen molar-refractivity contribution >= 4 is 10.9 Å². The predicted molar refractivity (Wildman–Crippen MR) is 72.0 cm³/mol. The molecule has 0 saturated carbocycles. The Balaban J connectivity index is 2.45. The third kappa shape index (κ3) is 1.73. The molecule has 3 rings (SSSR count). The van der Waals surface area contributed by atoms with E-state index in [0.717, 1.165) is 6.33 Å². The predicted octanol–water partition coefficient (Wildman–Crippen LogP) is 2.14. The number of aromatic nitrogens is 3. The third-order valence-electron chi connectivity index (χ3n) is 3.13. The zero-order valence-electron chi connectivity index (χ0n) is 10.5. The van der Waals surface area contributed by atoms with Gasteiger partial charge in [-0.25, -0.2) is 9.37 Å². The number of aromatic amines is 1. The molecule has 2 heterocycles. The number of H-pyrrole nitrogens is 1. The van der Waals surface area contributed by atoms with Crippen LogP contribution in [0.5, 0.6) is 5.75 Å². The van der Waals surface area contributed by atoms with Crippen molar-refractivity contribution in [2.24, 2.45) is 0 Å². The summed E-state index contributed by atoms with van der Waals surface area (Å²) in [6.07, 6.45) is 2.71. The minimum atomic E-state index is -0.719. The lowest BCUT2D eigenvalue weighted by Gasteiger charge is -2.09. The summed E-state index contributed by atoms with van der Waals surface area (Å²) in [5.41, 5.74) is 0.553. The Morgan fingerprint density at radius 2 is 2.10 bits per heavy atom. The second-order valence-electron chi connectivity index (χ2n) is 4.35. The van der Waals surface area contributed by atoms with Crippen LogP contribution in [0.2, 0.25) is 0 Å². The summed E-state index contributed by atoms with van der Waals surface area (Å²) >= 11 is 0. The van der Waals surface area contributed by atoms with Crippen molar-refractivity contribution in [3.8, 4) is 16.9 Å². The van der Waals surface area contributed by atoms with Crippen LogP contribution in [0.25, 0.3) is 22.0 Å². The summed E-state index contributed by atoms with van der Waals surface area (Å²) in [6.45, 7) is 1.73. The fraction of sp³-hybridized carbons (Fsp3) is 0.0714. The highest BCUT2D eigenvalue weighted by atomic mass is 19.1. The van der Waals surface area contributed by atoms with Crippen LogP contribution in [-0.4, -0.2) is 20.1 Å². The maximum absolute atomic E-state index is 14.6. The van der Waals surface area contributed by atoms with Crippen molar-refractivity contribution in [2.75, 3.05) is 0 Å². The Bertz CT molecular complexity index is 874. The number of fused-ring (bicyclic) bond motifs is 1. The van der Waals surface area contributed by atoms with E-state index in [0.29, 0.717) is 11.3 Å². The molecule has 0 fully saturated rings. The first-order chi connectivity index (χ1) is 9.59. The number of benzene rings is 1. The number of phenolic OH excluding ortho intramolecular Hbond substituents is 1. The van der Waals surface area contributed by atoms with Gasteiger partial charge in [-0.05, 0) is 19.1 Å². The van der Waals surface area contributed by atoms with Crippen molar-refractivity contribution in [3.63, 3.8) is 0 Å². The number of hydrogen-bond donors (Lipinski definition) is 2. The van der Waals surface area contributed by atoms with E-state index in [1.54, 1.807) is 25.3 Å². The molecule has 2 aromatic heterocycles. The number of rotatable bonds is 1. The molecule has 6 heteroatoms. The number of hydrogen-bond acceptors (Lipinski definition) is 4. The van der Waals surface area contributed by atoms with Gasteiger partial charge in [-0.3, -0.25) is 9.78 Å². The van der Waals surface area contributed by atoms with Crippen LogP contribution >= 0.6 is 0 Å². The standard InChI is InChI=1S/C14H10FN3O2/c1-7-8(3-2-4-16-7)9-5-10(19)13-11(12(9)15)14(20)18-6-17-13/h2-6,19H,1H3,(H,17,18,20). The van der Waals surface area contributed by atoms with Crippen molar-refractivity contribution in [1.82, 2.24) is 15.0 Å². The Kier molecular flexibility index (Phi) is 2.71. The molecule has 20 heavy (non-hydrogen) atoms. The van der Waals surface area contributed by atoms with Crippen LogP contribution in [0, 0.1) is 12.7 Å². The van der Waals surface area contributed by atoms with Gasteiger partial charge in [0.15, 0.2) is 0 Å². The van der Waals surface area contributed by atoms with Crippen LogP contribution < -0.4 is 5.56 Å². The summed E-state index contributed by atoms with van der Waals surface area (Å²) in [5, 5.41) is 9.69. The van der Waals surface area contributed by atoms with Gasteiger partial charge in [-0.15, -0.1) is 0 Å². The van der Waals surface area contributed by atoms with Crippen LogP contribution in [0.3, 0.4) is 0 Å². The number of aromatic hydroxyl groups is 1. The van der Waals surface area contributed by atoms with Crippen molar-refractivity contribution in [2.45, 2.75) is 6.92 Å². The Hall–Kier alpha value is -2.76. The number of aryl methyl sites for hydroxylation is 1. The first-order valence-corrected chi connectivity index (χ1v) is 5.90. The number of pyridine rings is 1. The largest absolute Gasteiger partial charge is 0.506 e. The molecule has 0 aliphatic heterocycles. The zero-order valence-corrected chi connectivity index (χ0v) is 10.5. The van der Waals surface area contributed by atoms with E-state index in [1.807, 2.05) is 0 Å². The monoisotopic (exact) mass is 271 g/mol. The summed E-state index contributed by atoms with van der Waals surface area (Å²) in [7, 11) is 0. The average molecular weight is 271 g/mol. The van der Waals surface area contributed by atoms with Gasteiger partial charge in [0.05, 0.1) is 6.33 Å². The van der Waals surface area contributed by atoms with Crippen LogP contribution in [0.1, 0.15) is 5.69 Å². The van der Waals surface area contributed by atoms with Gasteiger partial charge in [-0.2, -0.15) is 0 Å². The number of nitrogens with one attached hydrogen (secondary N) is 1. The smallest absolute Gasteiger partial charge is 0.261 e. The maximum atomic E-state index is 14.6.